The lowest BCUT2D eigenvalue weighted by Crippen LogP contribution is -1.86. The van der Waals surface area contributed by atoms with E-state index >= 15 is 0 Å². The van der Waals surface area contributed by atoms with E-state index in [0.29, 0.717) is 5.56 Å². The molecule has 3 rings (SSSR count). The van der Waals surface area contributed by atoms with E-state index in [1.54, 1.807) is 17.4 Å². The van der Waals surface area contributed by atoms with Crippen LogP contribution in [0.3, 0.4) is 0 Å². The van der Waals surface area contributed by atoms with Crippen LogP contribution in [0.4, 0.5) is 0 Å². The summed E-state index contributed by atoms with van der Waals surface area (Å²) in [6.07, 6.45) is 1.65. The summed E-state index contributed by atoms with van der Waals surface area (Å²) in [7, 11) is 0. The SMILES string of the molecule is O=Cc1ccc2nc(Cc3cccs3)[nH]c2c1. The van der Waals surface area contributed by atoms with Gasteiger partial charge in [0.15, 0.2) is 0 Å². The molecule has 17 heavy (non-hydrogen) atoms. The molecule has 0 aliphatic rings. The molecule has 0 atom stereocenters. The molecular formula is C13H10N2OS. The maximum absolute atomic E-state index is 10.7. The van der Waals surface area contributed by atoms with Crippen LogP contribution in [0, 0.1) is 0 Å². The number of benzene rings is 1. The van der Waals surface area contributed by atoms with Crippen molar-refractivity contribution in [1.82, 2.24) is 9.97 Å². The van der Waals surface area contributed by atoms with Crippen LogP contribution in [0.15, 0.2) is 35.7 Å². The summed E-state index contributed by atoms with van der Waals surface area (Å²) in [4.78, 5) is 19.7. The van der Waals surface area contributed by atoms with Crippen molar-refractivity contribution in [1.29, 1.82) is 0 Å². The van der Waals surface area contributed by atoms with Crippen molar-refractivity contribution >= 4 is 28.7 Å². The minimum Gasteiger partial charge on any atom is -0.342 e. The Kier molecular flexibility index (Phi) is 2.49. The fraction of sp³-hybridized carbons (Fsp3) is 0.0769. The normalized spacial score (nSPS) is 10.8. The number of hydrogen-bond donors (Lipinski definition) is 1. The van der Waals surface area contributed by atoms with Crippen molar-refractivity contribution in [3.63, 3.8) is 0 Å². The Morgan fingerprint density at radius 3 is 3.06 bits per heavy atom. The van der Waals surface area contributed by atoms with Gasteiger partial charge in [-0.2, -0.15) is 0 Å². The highest BCUT2D eigenvalue weighted by Crippen LogP contribution is 2.17. The second-order valence-electron chi connectivity index (χ2n) is 3.83. The molecule has 0 unspecified atom stereocenters. The van der Waals surface area contributed by atoms with Crippen molar-refractivity contribution < 1.29 is 4.79 Å². The molecule has 2 heterocycles. The molecule has 3 aromatic rings. The minimum atomic E-state index is 0.670. The van der Waals surface area contributed by atoms with E-state index in [4.69, 9.17) is 0 Å². The van der Waals surface area contributed by atoms with E-state index in [1.807, 2.05) is 18.2 Å². The van der Waals surface area contributed by atoms with E-state index in [-0.39, 0.29) is 0 Å². The molecule has 84 valence electrons. The number of hydrogen-bond acceptors (Lipinski definition) is 3. The van der Waals surface area contributed by atoms with E-state index in [2.05, 4.69) is 21.4 Å². The predicted octanol–water partition coefficient (Wildman–Crippen LogP) is 3.03. The number of fused-ring (bicyclic) bond motifs is 1. The van der Waals surface area contributed by atoms with Gasteiger partial charge in [0.05, 0.1) is 11.0 Å². The Bertz CT molecular complexity index is 655. The quantitative estimate of drug-likeness (QED) is 0.717. The molecule has 0 saturated heterocycles. The Morgan fingerprint density at radius 1 is 1.35 bits per heavy atom. The highest BCUT2D eigenvalue weighted by molar-refractivity contribution is 7.09. The van der Waals surface area contributed by atoms with Crippen LogP contribution in [0.25, 0.3) is 11.0 Å². The first-order valence-electron chi connectivity index (χ1n) is 5.31. The zero-order valence-corrected chi connectivity index (χ0v) is 9.83. The van der Waals surface area contributed by atoms with Crippen molar-refractivity contribution in [2.24, 2.45) is 0 Å². The lowest BCUT2D eigenvalue weighted by Gasteiger charge is -1.90. The molecule has 2 aromatic heterocycles. The van der Waals surface area contributed by atoms with Crippen LogP contribution in [-0.4, -0.2) is 16.3 Å². The monoisotopic (exact) mass is 242 g/mol. The van der Waals surface area contributed by atoms with Gasteiger partial charge < -0.3 is 4.98 Å². The molecule has 1 aromatic carbocycles. The number of imidazole rings is 1. The largest absolute Gasteiger partial charge is 0.342 e. The van der Waals surface area contributed by atoms with E-state index in [9.17, 15) is 4.79 Å². The fourth-order valence-electron chi connectivity index (χ4n) is 1.82. The van der Waals surface area contributed by atoms with Crippen molar-refractivity contribution in [3.8, 4) is 0 Å². The maximum Gasteiger partial charge on any atom is 0.150 e. The van der Waals surface area contributed by atoms with Gasteiger partial charge in [-0.3, -0.25) is 4.79 Å². The van der Waals surface area contributed by atoms with Gasteiger partial charge in [-0.1, -0.05) is 6.07 Å². The number of carbonyl (C=O) groups is 1. The lowest BCUT2D eigenvalue weighted by molar-refractivity contribution is 0.112. The van der Waals surface area contributed by atoms with E-state index in [0.717, 1.165) is 29.6 Å². The van der Waals surface area contributed by atoms with Gasteiger partial charge in [0.1, 0.15) is 12.1 Å². The second-order valence-corrected chi connectivity index (χ2v) is 4.87. The predicted molar refractivity (Wildman–Crippen MR) is 68.6 cm³/mol. The smallest absolute Gasteiger partial charge is 0.150 e. The van der Waals surface area contributed by atoms with Crippen molar-refractivity contribution in [2.75, 3.05) is 0 Å². The molecule has 0 spiro atoms. The fourth-order valence-corrected chi connectivity index (χ4v) is 2.52. The van der Waals surface area contributed by atoms with E-state index in [1.165, 1.54) is 4.88 Å². The first kappa shape index (κ1) is 10.2. The summed E-state index contributed by atoms with van der Waals surface area (Å²) in [5.74, 6) is 0.936. The zero-order valence-electron chi connectivity index (χ0n) is 9.01. The standard InChI is InChI=1S/C13H10N2OS/c16-8-9-3-4-11-12(6-9)15-13(14-11)7-10-2-1-5-17-10/h1-6,8H,7H2,(H,14,15). The number of thiophene rings is 1. The summed E-state index contributed by atoms with van der Waals surface area (Å²) in [5, 5.41) is 2.06. The van der Waals surface area contributed by atoms with Gasteiger partial charge in [-0.25, -0.2) is 4.98 Å². The minimum absolute atomic E-state index is 0.670. The molecule has 0 aliphatic heterocycles. The van der Waals surface area contributed by atoms with Gasteiger partial charge >= 0.3 is 0 Å². The van der Waals surface area contributed by atoms with Crippen LogP contribution < -0.4 is 0 Å². The molecule has 3 nitrogen and oxygen atoms in total. The lowest BCUT2D eigenvalue weighted by atomic mass is 10.2. The summed E-state index contributed by atoms with van der Waals surface area (Å²) in [5.41, 5.74) is 2.49. The van der Waals surface area contributed by atoms with E-state index < -0.39 is 0 Å². The van der Waals surface area contributed by atoms with Crippen LogP contribution in [0.1, 0.15) is 21.1 Å². The molecular weight excluding hydrogens is 232 g/mol. The van der Waals surface area contributed by atoms with Crippen molar-refractivity contribution in [2.45, 2.75) is 6.42 Å². The van der Waals surface area contributed by atoms with Gasteiger partial charge in [0.25, 0.3) is 0 Å². The molecule has 0 amide bonds. The molecule has 0 saturated carbocycles. The summed E-state index contributed by atoms with van der Waals surface area (Å²) < 4.78 is 0. The summed E-state index contributed by atoms with van der Waals surface area (Å²) >= 11 is 1.72. The molecule has 0 bridgehead atoms. The molecule has 0 aliphatic carbocycles. The third-order valence-electron chi connectivity index (χ3n) is 2.61. The number of aromatic amines is 1. The Morgan fingerprint density at radius 2 is 2.29 bits per heavy atom. The zero-order chi connectivity index (χ0) is 11.7. The maximum atomic E-state index is 10.7. The number of H-pyrrole nitrogens is 1. The number of nitrogens with one attached hydrogen (secondary N) is 1. The molecule has 1 N–H and O–H groups in total. The van der Waals surface area contributed by atoms with Gasteiger partial charge in [0.2, 0.25) is 0 Å². The highest BCUT2D eigenvalue weighted by Gasteiger charge is 2.04. The Labute approximate surface area is 102 Å². The number of carbonyl (C=O) groups excluding carboxylic acids is 1. The van der Waals surface area contributed by atoms with Crippen LogP contribution in [0.5, 0.6) is 0 Å². The average Bonchev–Trinajstić information content (AvgIpc) is 2.96. The summed E-state index contributed by atoms with van der Waals surface area (Å²) in [6.45, 7) is 0. The molecule has 4 heteroatoms. The first-order chi connectivity index (χ1) is 8.35. The van der Waals surface area contributed by atoms with Crippen molar-refractivity contribution in [3.05, 3.63) is 52.0 Å². The van der Waals surface area contributed by atoms with Crippen LogP contribution >= 0.6 is 11.3 Å². The van der Waals surface area contributed by atoms with Crippen LogP contribution in [-0.2, 0) is 6.42 Å². The topological polar surface area (TPSA) is 45.8 Å². The van der Waals surface area contributed by atoms with Gasteiger partial charge in [-0.15, -0.1) is 11.3 Å². The van der Waals surface area contributed by atoms with Gasteiger partial charge in [0, 0.05) is 16.9 Å². The molecule has 0 fully saturated rings. The number of nitrogens with zero attached hydrogens (tertiary/aromatic N) is 1. The summed E-state index contributed by atoms with van der Waals surface area (Å²) in [6, 6.07) is 9.60. The third-order valence-corrected chi connectivity index (χ3v) is 3.49. The molecule has 0 radical (unpaired) electrons. The van der Waals surface area contributed by atoms with Gasteiger partial charge in [-0.05, 0) is 29.6 Å². The Hall–Kier alpha value is -1.94. The third kappa shape index (κ3) is 1.99. The number of aldehydes is 1. The Balaban J connectivity index is 1.98. The second kappa shape index (κ2) is 4.14. The highest BCUT2D eigenvalue weighted by atomic mass is 32.1. The average molecular weight is 242 g/mol. The van der Waals surface area contributed by atoms with Crippen LogP contribution in [0.2, 0.25) is 0 Å². The first-order valence-corrected chi connectivity index (χ1v) is 6.19. The number of aromatic nitrogens is 2. The number of rotatable bonds is 3.